The first-order chi connectivity index (χ1) is 10.2. The molecular weight excluding hydrogens is 288 g/mol. The Balaban J connectivity index is 1.63. The van der Waals surface area contributed by atoms with E-state index in [1.807, 2.05) is 37.3 Å². The standard InChI is InChI=1S/C16H14O4S/c1-11(21-13-5-3-2-4-6-13)16(17)20-12-7-8-14-15(9-12)19-10-18-14/h2-9,11H,10H2,1H3/t11-/m1/s1. The van der Waals surface area contributed by atoms with Gasteiger partial charge in [0.1, 0.15) is 11.0 Å². The van der Waals surface area contributed by atoms with Crippen LogP contribution in [0.3, 0.4) is 0 Å². The predicted molar refractivity (Wildman–Crippen MR) is 80.0 cm³/mol. The normalized spacial score (nSPS) is 13.8. The molecule has 0 spiro atoms. The molecule has 0 aromatic heterocycles. The van der Waals surface area contributed by atoms with Crippen molar-refractivity contribution in [3.8, 4) is 17.2 Å². The summed E-state index contributed by atoms with van der Waals surface area (Å²) in [5.41, 5.74) is 0. The molecule has 1 aliphatic rings. The summed E-state index contributed by atoms with van der Waals surface area (Å²) in [5, 5.41) is -0.294. The van der Waals surface area contributed by atoms with Crippen LogP contribution in [-0.2, 0) is 4.79 Å². The van der Waals surface area contributed by atoms with Gasteiger partial charge < -0.3 is 14.2 Å². The molecule has 1 heterocycles. The van der Waals surface area contributed by atoms with Gasteiger partial charge in [0.25, 0.3) is 0 Å². The summed E-state index contributed by atoms with van der Waals surface area (Å²) in [7, 11) is 0. The van der Waals surface area contributed by atoms with Gasteiger partial charge in [-0.05, 0) is 31.2 Å². The molecule has 0 unspecified atom stereocenters. The minimum absolute atomic E-state index is 0.201. The fraction of sp³-hybridized carbons (Fsp3) is 0.188. The van der Waals surface area contributed by atoms with Crippen LogP contribution in [0.5, 0.6) is 17.2 Å². The van der Waals surface area contributed by atoms with E-state index in [2.05, 4.69) is 0 Å². The van der Waals surface area contributed by atoms with Gasteiger partial charge in [0.05, 0.1) is 0 Å². The Kier molecular flexibility index (Phi) is 4.01. The van der Waals surface area contributed by atoms with Crippen LogP contribution in [0.25, 0.3) is 0 Å². The predicted octanol–water partition coefficient (Wildman–Crippen LogP) is 3.50. The number of esters is 1. The van der Waals surface area contributed by atoms with Crippen molar-refractivity contribution in [3.05, 3.63) is 48.5 Å². The second-order valence-corrected chi connectivity index (χ2v) is 5.92. The molecule has 0 fully saturated rings. The maximum absolute atomic E-state index is 12.1. The molecule has 3 rings (SSSR count). The monoisotopic (exact) mass is 302 g/mol. The van der Waals surface area contributed by atoms with Gasteiger partial charge in [-0.15, -0.1) is 11.8 Å². The topological polar surface area (TPSA) is 44.8 Å². The first kappa shape index (κ1) is 13.8. The lowest BCUT2D eigenvalue weighted by Crippen LogP contribution is -2.19. The Morgan fingerprint density at radius 3 is 2.71 bits per heavy atom. The van der Waals surface area contributed by atoms with E-state index in [1.165, 1.54) is 11.8 Å². The maximum atomic E-state index is 12.1. The molecule has 4 nitrogen and oxygen atoms in total. The van der Waals surface area contributed by atoms with Crippen molar-refractivity contribution in [2.24, 2.45) is 0 Å². The van der Waals surface area contributed by atoms with Crippen LogP contribution in [0.4, 0.5) is 0 Å². The van der Waals surface area contributed by atoms with Crippen molar-refractivity contribution in [2.75, 3.05) is 6.79 Å². The van der Waals surface area contributed by atoms with Gasteiger partial charge in [-0.25, -0.2) is 0 Å². The molecule has 0 amide bonds. The third-order valence-electron chi connectivity index (χ3n) is 2.95. The van der Waals surface area contributed by atoms with Crippen LogP contribution in [0.15, 0.2) is 53.4 Å². The average molecular weight is 302 g/mol. The number of hydrogen-bond acceptors (Lipinski definition) is 5. The highest BCUT2D eigenvalue weighted by atomic mass is 32.2. The second kappa shape index (κ2) is 6.10. The lowest BCUT2D eigenvalue weighted by Gasteiger charge is -2.11. The first-order valence-corrected chi connectivity index (χ1v) is 7.43. The van der Waals surface area contributed by atoms with Gasteiger partial charge in [-0.3, -0.25) is 4.79 Å². The van der Waals surface area contributed by atoms with Gasteiger partial charge in [0.15, 0.2) is 11.5 Å². The zero-order valence-electron chi connectivity index (χ0n) is 11.4. The van der Waals surface area contributed by atoms with E-state index in [0.717, 1.165) is 4.90 Å². The van der Waals surface area contributed by atoms with E-state index >= 15 is 0 Å². The van der Waals surface area contributed by atoms with Crippen molar-refractivity contribution < 1.29 is 19.0 Å². The molecule has 21 heavy (non-hydrogen) atoms. The highest BCUT2D eigenvalue weighted by Crippen LogP contribution is 2.35. The van der Waals surface area contributed by atoms with Crippen LogP contribution in [0.1, 0.15) is 6.92 Å². The van der Waals surface area contributed by atoms with Crippen molar-refractivity contribution in [1.82, 2.24) is 0 Å². The Morgan fingerprint density at radius 2 is 1.90 bits per heavy atom. The Morgan fingerprint density at radius 1 is 1.14 bits per heavy atom. The van der Waals surface area contributed by atoms with E-state index in [0.29, 0.717) is 17.2 Å². The summed E-state index contributed by atoms with van der Waals surface area (Å²) in [6.07, 6.45) is 0. The number of carbonyl (C=O) groups is 1. The molecule has 0 bridgehead atoms. The number of ether oxygens (including phenoxy) is 3. The Bertz CT molecular complexity index is 642. The zero-order valence-corrected chi connectivity index (χ0v) is 12.3. The van der Waals surface area contributed by atoms with Gasteiger partial charge in [-0.1, -0.05) is 18.2 Å². The van der Waals surface area contributed by atoms with Gasteiger partial charge >= 0.3 is 5.97 Å². The van der Waals surface area contributed by atoms with Crippen molar-refractivity contribution in [1.29, 1.82) is 0 Å². The van der Waals surface area contributed by atoms with Crippen LogP contribution in [0.2, 0.25) is 0 Å². The maximum Gasteiger partial charge on any atom is 0.324 e. The summed E-state index contributed by atoms with van der Waals surface area (Å²) >= 11 is 1.47. The number of fused-ring (bicyclic) bond motifs is 1. The van der Waals surface area contributed by atoms with E-state index in [4.69, 9.17) is 14.2 Å². The SMILES string of the molecule is C[C@@H](Sc1ccccc1)C(=O)Oc1ccc2c(c1)OCO2. The van der Waals surface area contributed by atoms with Gasteiger partial charge in [0.2, 0.25) is 6.79 Å². The zero-order chi connectivity index (χ0) is 14.7. The molecule has 0 N–H and O–H groups in total. The number of thioether (sulfide) groups is 1. The van der Waals surface area contributed by atoms with E-state index in [1.54, 1.807) is 18.2 Å². The minimum Gasteiger partial charge on any atom is -0.454 e. The van der Waals surface area contributed by atoms with Crippen molar-refractivity contribution in [2.45, 2.75) is 17.1 Å². The lowest BCUT2D eigenvalue weighted by atomic mass is 10.3. The van der Waals surface area contributed by atoms with E-state index < -0.39 is 0 Å². The smallest absolute Gasteiger partial charge is 0.324 e. The molecule has 1 aliphatic heterocycles. The molecule has 5 heteroatoms. The third kappa shape index (κ3) is 3.31. The number of rotatable bonds is 4. The quantitative estimate of drug-likeness (QED) is 0.491. The molecule has 108 valence electrons. The molecule has 1 atom stereocenters. The van der Waals surface area contributed by atoms with Crippen LogP contribution >= 0.6 is 11.8 Å². The number of hydrogen-bond donors (Lipinski definition) is 0. The largest absolute Gasteiger partial charge is 0.454 e. The molecule has 0 saturated heterocycles. The van der Waals surface area contributed by atoms with E-state index in [9.17, 15) is 4.79 Å². The first-order valence-electron chi connectivity index (χ1n) is 6.55. The fourth-order valence-corrected chi connectivity index (χ4v) is 2.76. The molecule has 2 aromatic carbocycles. The summed E-state index contributed by atoms with van der Waals surface area (Å²) in [5.74, 6) is 1.44. The number of benzene rings is 2. The molecule has 0 saturated carbocycles. The van der Waals surface area contributed by atoms with Gasteiger partial charge in [0, 0.05) is 11.0 Å². The average Bonchev–Trinajstić information content (AvgIpc) is 2.95. The van der Waals surface area contributed by atoms with Crippen LogP contribution < -0.4 is 14.2 Å². The summed E-state index contributed by atoms with van der Waals surface area (Å²) in [4.78, 5) is 13.1. The lowest BCUT2D eigenvalue weighted by molar-refractivity contribution is -0.133. The minimum atomic E-state index is -0.294. The summed E-state index contributed by atoms with van der Waals surface area (Å²) in [6.45, 7) is 2.03. The Labute approximate surface area is 127 Å². The number of carbonyl (C=O) groups excluding carboxylic acids is 1. The second-order valence-electron chi connectivity index (χ2n) is 4.51. The Hall–Kier alpha value is -2.14. The highest BCUT2D eigenvalue weighted by molar-refractivity contribution is 8.00. The third-order valence-corrected chi connectivity index (χ3v) is 4.04. The summed E-state index contributed by atoms with van der Waals surface area (Å²) in [6, 6.07) is 14.9. The van der Waals surface area contributed by atoms with Crippen molar-refractivity contribution >= 4 is 17.7 Å². The van der Waals surface area contributed by atoms with E-state index in [-0.39, 0.29) is 18.0 Å². The van der Waals surface area contributed by atoms with Crippen molar-refractivity contribution in [3.63, 3.8) is 0 Å². The molecule has 2 aromatic rings. The molecule has 0 aliphatic carbocycles. The van der Waals surface area contributed by atoms with Gasteiger partial charge in [-0.2, -0.15) is 0 Å². The molecular formula is C16H14O4S. The summed E-state index contributed by atoms with van der Waals surface area (Å²) < 4.78 is 15.9. The van der Waals surface area contributed by atoms with Crippen LogP contribution in [0, 0.1) is 0 Å². The fourth-order valence-electron chi connectivity index (χ4n) is 1.89. The highest BCUT2D eigenvalue weighted by Gasteiger charge is 2.19. The van der Waals surface area contributed by atoms with Crippen LogP contribution in [-0.4, -0.2) is 18.0 Å². The molecule has 0 radical (unpaired) electrons.